The van der Waals surface area contributed by atoms with Gasteiger partial charge in [0.1, 0.15) is 6.54 Å². The maximum Gasteiger partial charge on any atom is 0.221 e. The van der Waals surface area contributed by atoms with Crippen LogP contribution in [0.1, 0.15) is 50.2 Å². The van der Waals surface area contributed by atoms with Crippen LogP contribution in [-0.4, -0.2) is 12.5 Å². The van der Waals surface area contributed by atoms with Crippen molar-refractivity contribution >= 4 is 5.91 Å². The van der Waals surface area contributed by atoms with E-state index in [-0.39, 0.29) is 18.4 Å². The van der Waals surface area contributed by atoms with Crippen LogP contribution in [0, 0.1) is 11.3 Å². The molecule has 1 aromatic carbocycles. The van der Waals surface area contributed by atoms with Gasteiger partial charge in [0.25, 0.3) is 0 Å². The molecule has 1 unspecified atom stereocenters. The second kappa shape index (κ2) is 6.80. The first-order valence-corrected chi connectivity index (χ1v) is 6.28. The fourth-order valence-corrected chi connectivity index (χ4v) is 1.82. The van der Waals surface area contributed by atoms with Gasteiger partial charge in [0, 0.05) is 6.42 Å². The highest BCUT2D eigenvalue weighted by Crippen LogP contribution is 2.22. The lowest BCUT2D eigenvalue weighted by Gasteiger charge is -2.13. The van der Waals surface area contributed by atoms with Crippen molar-refractivity contribution < 1.29 is 4.79 Å². The Labute approximate surface area is 109 Å². The number of rotatable bonds is 5. The SMILES string of the molecule is CC(C)c1ccc(C(C)CC(=O)NCC#N)cc1. The normalized spacial score (nSPS) is 11.9. The lowest BCUT2D eigenvalue weighted by atomic mass is 9.94. The molecule has 1 amide bonds. The molecule has 3 heteroatoms. The van der Waals surface area contributed by atoms with Gasteiger partial charge >= 0.3 is 0 Å². The van der Waals surface area contributed by atoms with E-state index in [1.807, 2.05) is 13.0 Å². The highest BCUT2D eigenvalue weighted by Gasteiger charge is 2.11. The maximum atomic E-state index is 11.5. The number of nitrogens with zero attached hydrogens (tertiary/aromatic N) is 1. The van der Waals surface area contributed by atoms with E-state index in [1.165, 1.54) is 5.56 Å². The minimum absolute atomic E-state index is 0.0722. The van der Waals surface area contributed by atoms with Crippen LogP contribution < -0.4 is 5.32 Å². The van der Waals surface area contributed by atoms with E-state index in [0.29, 0.717) is 12.3 Å². The van der Waals surface area contributed by atoms with Gasteiger partial charge in [0.15, 0.2) is 0 Å². The summed E-state index contributed by atoms with van der Waals surface area (Å²) in [6, 6.07) is 10.3. The summed E-state index contributed by atoms with van der Waals surface area (Å²) in [4.78, 5) is 11.5. The highest BCUT2D eigenvalue weighted by atomic mass is 16.1. The van der Waals surface area contributed by atoms with Crippen LogP contribution in [0.25, 0.3) is 0 Å². The molecule has 3 nitrogen and oxygen atoms in total. The predicted molar refractivity (Wildman–Crippen MR) is 72.2 cm³/mol. The molecule has 1 atom stereocenters. The average Bonchev–Trinajstić information content (AvgIpc) is 2.36. The largest absolute Gasteiger partial charge is 0.343 e. The van der Waals surface area contributed by atoms with Crippen LogP contribution in [0.5, 0.6) is 0 Å². The molecule has 0 aromatic heterocycles. The monoisotopic (exact) mass is 244 g/mol. The summed E-state index contributed by atoms with van der Waals surface area (Å²) >= 11 is 0. The molecule has 0 saturated heterocycles. The summed E-state index contributed by atoms with van der Waals surface area (Å²) in [5.41, 5.74) is 2.46. The van der Waals surface area contributed by atoms with Crippen molar-refractivity contribution in [3.8, 4) is 6.07 Å². The van der Waals surface area contributed by atoms with E-state index in [9.17, 15) is 4.79 Å². The van der Waals surface area contributed by atoms with Crippen LogP contribution in [0.15, 0.2) is 24.3 Å². The second-order valence-electron chi connectivity index (χ2n) is 4.86. The Morgan fingerprint density at radius 2 is 1.78 bits per heavy atom. The van der Waals surface area contributed by atoms with Crippen molar-refractivity contribution in [2.24, 2.45) is 0 Å². The second-order valence-corrected chi connectivity index (χ2v) is 4.86. The Morgan fingerprint density at radius 1 is 1.22 bits per heavy atom. The smallest absolute Gasteiger partial charge is 0.221 e. The van der Waals surface area contributed by atoms with Gasteiger partial charge in [-0.2, -0.15) is 5.26 Å². The zero-order chi connectivity index (χ0) is 13.5. The summed E-state index contributed by atoms with van der Waals surface area (Å²) in [6.45, 7) is 6.43. The Hall–Kier alpha value is -1.82. The fraction of sp³-hybridized carbons (Fsp3) is 0.467. The molecule has 0 aliphatic carbocycles. The number of benzene rings is 1. The van der Waals surface area contributed by atoms with E-state index in [0.717, 1.165) is 5.56 Å². The zero-order valence-electron chi connectivity index (χ0n) is 11.2. The van der Waals surface area contributed by atoms with Crippen LogP contribution in [0.4, 0.5) is 0 Å². The molecule has 1 aromatic rings. The first-order chi connectivity index (χ1) is 8.54. The predicted octanol–water partition coefficient (Wildman–Crippen LogP) is 2.94. The summed E-state index contributed by atoms with van der Waals surface area (Å²) in [6.07, 6.45) is 0.419. The number of carbonyl (C=O) groups is 1. The van der Waals surface area contributed by atoms with E-state index in [2.05, 4.69) is 43.4 Å². The van der Waals surface area contributed by atoms with Gasteiger partial charge in [0.05, 0.1) is 6.07 Å². The minimum atomic E-state index is -0.0722. The Kier molecular flexibility index (Phi) is 5.38. The Balaban J connectivity index is 2.59. The average molecular weight is 244 g/mol. The van der Waals surface area contributed by atoms with Crippen molar-refractivity contribution in [1.29, 1.82) is 5.26 Å². The first-order valence-electron chi connectivity index (χ1n) is 6.28. The molecule has 0 radical (unpaired) electrons. The molecular formula is C15H20N2O. The quantitative estimate of drug-likeness (QED) is 0.810. The first kappa shape index (κ1) is 14.2. The molecule has 0 fully saturated rings. The van der Waals surface area contributed by atoms with E-state index in [1.54, 1.807) is 0 Å². The zero-order valence-corrected chi connectivity index (χ0v) is 11.2. The fourth-order valence-electron chi connectivity index (χ4n) is 1.82. The lowest BCUT2D eigenvalue weighted by molar-refractivity contribution is -0.121. The third kappa shape index (κ3) is 4.21. The van der Waals surface area contributed by atoms with Gasteiger partial charge < -0.3 is 5.32 Å². The summed E-state index contributed by atoms with van der Waals surface area (Å²) in [5.74, 6) is 0.621. The molecule has 0 spiro atoms. The summed E-state index contributed by atoms with van der Waals surface area (Å²) in [5, 5.41) is 10.9. The molecule has 0 bridgehead atoms. The van der Waals surface area contributed by atoms with Crippen molar-refractivity contribution in [3.05, 3.63) is 35.4 Å². The molecule has 96 valence electrons. The lowest BCUT2D eigenvalue weighted by Crippen LogP contribution is -2.24. The molecule has 0 heterocycles. The molecule has 1 rings (SSSR count). The van der Waals surface area contributed by atoms with Crippen molar-refractivity contribution in [3.63, 3.8) is 0 Å². The molecule has 1 N–H and O–H groups in total. The van der Waals surface area contributed by atoms with Crippen LogP contribution in [0.3, 0.4) is 0 Å². The number of nitrogens with one attached hydrogen (secondary N) is 1. The molecule has 0 aliphatic heterocycles. The maximum absolute atomic E-state index is 11.5. The number of nitriles is 1. The van der Waals surface area contributed by atoms with E-state index in [4.69, 9.17) is 5.26 Å². The summed E-state index contributed by atoms with van der Waals surface area (Å²) in [7, 11) is 0. The third-order valence-corrected chi connectivity index (χ3v) is 3.03. The number of carbonyl (C=O) groups excluding carboxylic acids is 1. The molecular weight excluding hydrogens is 224 g/mol. The van der Waals surface area contributed by atoms with E-state index < -0.39 is 0 Å². The van der Waals surface area contributed by atoms with Crippen molar-refractivity contribution in [1.82, 2.24) is 5.32 Å². The van der Waals surface area contributed by atoms with Gasteiger partial charge in [-0.15, -0.1) is 0 Å². The number of hydrogen-bond acceptors (Lipinski definition) is 2. The van der Waals surface area contributed by atoms with E-state index >= 15 is 0 Å². The van der Waals surface area contributed by atoms with Gasteiger partial charge in [-0.1, -0.05) is 45.0 Å². The van der Waals surface area contributed by atoms with Crippen LogP contribution in [0.2, 0.25) is 0 Å². The van der Waals surface area contributed by atoms with Gasteiger partial charge in [-0.25, -0.2) is 0 Å². The topological polar surface area (TPSA) is 52.9 Å². The third-order valence-electron chi connectivity index (χ3n) is 3.03. The van der Waals surface area contributed by atoms with Crippen LogP contribution in [-0.2, 0) is 4.79 Å². The minimum Gasteiger partial charge on any atom is -0.343 e. The molecule has 0 aliphatic rings. The van der Waals surface area contributed by atoms with Crippen molar-refractivity contribution in [2.75, 3.05) is 6.54 Å². The number of amides is 1. The number of hydrogen-bond donors (Lipinski definition) is 1. The van der Waals surface area contributed by atoms with Gasteiger partial charge in [-0.3, -0.25) is 4.79 Å². The molecule has 18 heavy (non-hydrogen) atoms. The van der Waals surface area contributed by atoms with Crippen molar-refractivity contribution in [2.45, 2.75) is 39.0 Å². The van der Waals surface area contributed by atoms with Crippen LogP contribution >= 0.6 is 0 Å². The standard InChI is InChI=1S/C15H20N2O/c1-11(2)13-4-6-14(7-5-13)12(3)10-15(18)17-9-8-16/h4-7,11-12H,9-10H2,1-3H3,(H,17,18). The summed E-state index contributed by atoms with van der Waals surface area (Å²) < 4.78 is 0. The van der Waals surface area contributed by atoms with Gasteiger partial charge in [0.2, 0.25) is 5.91 Å². The highest BCUT2D eigenvalue weighted by molar-refractivity contribution is 5.77. The van der Waals surface area contributed by atoms with Gasteiger partial charge in [-0.05, 0) is 23.0 Å². The molecule has 0 saturated carbocycles. The Bertz CT molecular complexity index is 429. The Morgan fingerprint density at radius 3 is 2.28 bits per heavy atom.